The topological polar surface area (TPSA) is 89.6 Å². The van der Waals surface area contributed by atoms with Crippen molar-refractivity contribution in [2.24, 2.45) is 0 Å². The number of hydrogen-bond donors (Lipinski definition) is 2. The summed E-state index contributed by atoms with van der Waals surface area (Å²) in [5.41, 5.74) is 3.53. The first-order chi connectivity index (χ1) is 15.6. The lowest BCUT2D eigenvalue weighted by atomic mass is 10.1. The summed E-state index contributed by atoms with van der Waals surface area (Å²) in [5, 5.41) is 6.24. The zero-order chi connectivity index (χ0) is 22.3. The molecule has 0 aliphatic rings. The van der Waals surface area contributed by atoms with Gasteiger partial charge in [-0.05, 0) is 30.3 Å². The molecular weight excluding hydrogens is 406 g/mol. The van der Waals surface area contributed by atoms with Crippen LogP contribution in [0.4, 0.5) is 16.2 Å². The third kappa shape index (κ3) is 5.02. The molecule has 0 radical (unpaired) electrons. The van der Waals surface area contributed by atoms with Crippen molar-refractivity contribution in [3.63, 3.8) is 0 Å². The Morgan fingerprint density at radius 1 is 0.844 bits per heavy atom. The number of aromatic nitrogens is 1. The third-order valence-corrected chi connectivity index (χ3v) is 4.70. The summed E-state index contributed by atoms with van der Waals surface area (Å²) >= 11 is 0. The highest BCUT2D eigenvalue weighted by molar-refractivity contribution is 6.01. The monoisotopic (exact) mass is 427 g/mol. The Hall–Kier alpha value is -4.39. The minimum Gasteiger partial charge on any atom is -0.481 e. The van der Waals surface area contributed by atoms with Crippen LogP contribution in [0.3, 0.4) is 0 Å². The van der Waals surface area contributed by atoms with Gasteiger partial charge in [0.05, 0.1) is 18.3 Å². The number of methoxy groups -OCH3 is 1. The number of benzene rings is 3. The number of carbonyl (C=O) groups excluding carboxylic acids is 2. The number of anilines is 2. The first kappa shape index (κ1) is 20.9. The van der Waals surface area contributed by atoms with Gasteiger partial charge < -0.3 is 20.1 Å². The molecule has 0 atom stereocenters. The molecule has 1 heterocycles. The van der Waals surface area contributed by atoms with Crippen LogP contribution in [0.2, 0.25) is 0 Å². The number of hydrogen-bond acceptors (Lipinski definition) is 5. The SMILES string of the molecule is COC(=O)COc1cc(-c2ccccc2)nc2ccc(NC(=O)Nc3ccccc3)cc12. The van der Waals surface area contributed by atoms with Gasteiger partial charge in [0.15, 0.2) is 6.61 Å². The minimum atomic E-state index is -0.493. The molecule has 32 heavy (non-hydrogen) atoms. The van der Waals surface area contributed by atoms with E-state index in [4.69, 9.17) is 9.72 Å². The molecule has 0 bridgehead atoms. The maximum absolute atomic E-state index is 12.4. The standard InChI is InChI=1S/C25H21N3O4/c1-31-24(29)16-32-23-15-22(17-8-4-2-5-9-17)28-21-13-12-19(14-20(21)23)27-25(30)26-18-10-6-3-7-11-18/h2-15H,16H2,1H3,(H2,26,27,30). The molecule has 0 aliphatic carbocycles. The van der Waals surface area contributed by atoms with Crippen LogP contribution in [-0.4, -0.2) is 30.7 Å². The van der Waals surface area contributed by atoms with Gasteiger partial charge in [-0.15, -0.1) is 0 Å². The average molecular weight is 427 g/mol. The van der Waals surface area contributed by atoms with Crippen molar-refractivity contribution in [3.8, 4) is 17.0 Å². The van der Waals surface area contributed by atoms with Crippen molar-refractivity contribution in [1.29, 1.82) is 0 Å². The number of esters is 1. The number of ether oxygens (including phenoxy) is 2. The summed E-state index contributed by atoms with van der Waals surface area (Å²) in [7, 11) is 1.30. The molecule has 0 unspecified atom stereocenters. The number of pyridine rings is 1. The van der Waals surface area contributed by atoms with Crippen LogP contribution in [-0.2, 0) is 9.53 Å². The van der Waals surface area contributed by atoms with Crippen LogP contribution < -0.4 is 15.4 Å². The van der Waals surface area contributed by atoms with Crippen molar-refractivity contribution in [2.75, 3.05) is 24.4 Å². The van der Waals surface area contributed by atoms with Gasteiger partial charge in [-0.1, -0.05) is 48.5 Å². The molecule has 7 nitrogen and oxygen atoms in total. The fourth-order valence-corrected chi connectivity index (χ4v) is 3.16. The van der Waals surface area contributed by atoms with E-state index in [0.29, 0.717) is 33.7 Å². The number of rotatable bonds is 6. The number of para-hydroxylation sites is 1. The Morgan fingerprint density at radius 2 is 1.53 bits per heavy atom. The predicted octanol–water partition coefficient (Wildman–Crippen LogP) is 5.10. The van der Waals surface area contributed by atoms with E-state index in [-0.39, 0.29) is 12.6 Å². The fourth-order valence-electron chi connectivity index (χ4n) is 3.16. The largest absolute Gasteiger partial charge is 0.481 e. The Balaban J connectivity index is 1.65. The van der Waals surface area contributed by atoms with E-state index >= 15 is 0 Å². The average Bonchev–Trinajstić information content (AvgIpc) is 2.83. The Labute approximate surface area is 185 Å². The van der Waals surface area contributed by atoms with Crippen LogP contribution in [0, 0.1) is 0 Å². The Kier molecular flexibility index (Phi) is 6.27. The lowest BCUT2D eigenvalue weighted by Gasteiger charge is -2.13. The van der Waals surface area contributed by atoms with Crippen molar-refractivity contribution in [3.05, 3.63) is 84.9 Å². The van der Waals surface area contributed by atoms with E-state index < -0.39 is 5.97 Å². The first-order valence-electron chi connectivity index (χ1n) is 9.95. The van der Waals surface area contributed by atoms with E-state index in [1.165, 1.54) is 7.11 Å². The minimum absolute atomic E-state index is 0.240. The molecule has 1 aromatic heterocycles. The molecule has 0 spiro atoms. The van der Waals surface area contributed by atoms with Crippen LogP contribution in [0.15, 0.2) is 84.9 Å². The molecule has 0 saturated carbocycles. The van der Waals surface area contributed by atoms with E-state index in [2.05, 4.69) is 15.4 Å². The highest BCUT2D eigenvalue weighted by Crippen LogP contribution is 2.32. The molecule has 3 aromatic carbocycles. The smallest absolute Gasteiger partial charge is 0.343 e. The molecule has 4 rings (SSSR count). The van der Waals surface area contributed by atoms with Crippen LogP contribution in [0.5, 0.6) is 5.75 Å². The highest BCUT2D eigenvalue weighted by atomic mass is 16.6. The molecule has 0 fully saturated rings. The highest BCUT2D eigenvalue weighted by Gasteiger charge is 2.12. The number of amides is 2. The quantitative estimate of drug-likeness (QED) is 0.418. The van der Waals surface area contributed by atoms with E-state index in [1.807, 2.05) is 48.5 Å². The molecule has 0 aliphatic heterocycles. The number of nitrogens with zero attached hydrogens (tertiary/aromatic N) is 1. The Bertz CT molecular complexity index is 1240. The zero-order valence-electron chi connectivity index (χ0n) is 17.4. The molecule has 2 N–H and O–H groups in total. The van der Waals surface area contributed by atoms with Gasteiger partial charge in [0, 0.05) is 28.4 Å². The first-order valence-corrected chi connectivity index (χ1v) is 9.95. The molecule has 0 saturated heterocycles. The Morgan fingerprint density at radius 3 is 2.25 bits per heavy atom. The second-order valence-corrected chi connectivity index (χ2v) is 6.91. The van der Waals surface area contributed by atoms with E-state index in [1.54, 1.807) is 36.4 Å². The summed E-state index contributed by atoms with van der Waals surface area (Å²) in [4.78, 5) is 28.7. The number of fused-ring (bicyclic) bond motifs is 1. The van der Waals surface area contributed by atoms with Gasteiger partial charge in [-0.25, -0.2) is 14.6 Å². The summed E-state index contributed by atoms with van der Waals surface area (Å²) in [6.07, 6.45) is 0. The van der Waals surface area contributed by atoms with Crippen molar-refractivity contribution in [1.82, 2.24) is 4.98 Å². The summed E-state index contributed by atoms with van der Waals surface area (Å²) in [5.74, 6) is -0.0286. The van der Waals surface area contributed by atoms with Crippen molar-refractivity contribution >= 4 is 34.3 Å². The lowest BCUT2D eigenvalue weighted by Crippen LogP contribution is -2.19. The van der Waals surface area contributed by atoms with Crippen molar-refractivity contribution in [2.45, 2.75) is 0 Å². The maximum Gasteiger partial charge on any atom is 0.343 e. The molecule has 7 heteroatoms. The zero-order valence-corrected chi connectivity index (χ0v) is 17.4. The van der Waals surface area contributed by atoms with Crippen molar-refractivity contribution < 1.29 is 19.1 Å². The normalized spacial score (nSPS) is 10.4. The van der Waals surface area contributed by atoms with Gasteiger partial charge in [-0.3, -0.25) is 0 Å². The van der Waals surface area contributed by atoms with Gasteiger partial charge in [0.1, 0.15) is 5.75 Å². The van der Waals surface area contributed by atoms with Crippen LogP contribution in [0.1, 0.15) is 0 Å². The second kappa shape index (κ2) is 9.61. The summed E-state index contributed by atoms with van der Waals surface area (Å²) in [6, 6.07) is 25.5. The van der Waals surface area contributed by atoms with Gasteiger partial charge >= 0.3 is 12.0 Å². The number of carbonyl (C=O) groups is 2. The molecule has 4 aromatic rings. The fraction of sp³-hybridized carbons (Fsp3) is 0.0800. The van der Waals surface area contributed by atoms with Gasteiger partial charge in [-0.2, -0.15) is 0 Å². The maximum atomic E-state index is 12.4. The summed E-state index contributed by atoms with van der Waals surface area (Å²) in [6.45, 7) is -0.240. The van der Waals surface area contributed by atoms with Crippen LogP contribution in [0.25, 0.3) is 22.2 Å². The number of nitrogens with one attached hydrogen (secondary N) is 2. The van der Waals surface area contributed by atoms with Crippen LogP contribution >= 0.6 is 0 Å². The predicted molar refractivity (Wildman–Crippen MR) is 124 cm³/mol. The van der Waals surface area contributed by atoms with Gasteiger partial charge in [0.2, 0.25) is 0 Å². The van der Waals surface area contributed by atoms with E-state index in [9.17, 15) is 9.59 Å². The molecule has 160 valence electrons. The molecule has 2 amide bonds. The van der Waals surface area contributed by atoms with Gasteiger partial charge in [0.25, 0.3) is 0 Å². The second-order valence-electron chi connectivity index (χ2n) is 6.91. The molecular formula is C25H21N3O4. The third-order valence-electron chi connectivity index (χ3n) is 4.70. The van der Waals surface area contributed by atoms with E-state index in [0.717, 1.165) is 5.56 Å². The summed E-state index contributed by atoms with van der Waals surface area (Å²) < 4.78 is 10.4. The lowest BCUT2D eigenvalue weighted by molar-refractivity contribution is -0.142. The number of urea groups is 1.